The molecule has 6 heteroatoms. The van der Waals surface area contributed by atoms with Crippen molar-refractivity contribution < 1.29 is 14.7 Å². The lowest BCUT2D eigenvalue weighted by Crippen LogP contribution is -2.42. The molecule has 1 fully saturated rings. The van der Waals surface area contributed by atoms with Crippen LogP contribution < -0.4 is 0 Å². The van der Waals surface area contributed by atoms with Crippen LogP contribution >= 0.6 is 0 Å². The number of aliphatic carboxylic acids is 1. The Morgan fingerprint density at radius 3 is 2.90 bits per heavy atom. The summed E-state index contributed by atoms with van der Waals surface area (Å²) in [6, 6.07) is 0. The minimum Gasteiger partial charge on any atom is -0.481 e. The highest BCUT2D eigenvalue weighted by Gasteiger charge is 2.29. The Bertz CT molecular complexity index is 498. The largest absolute Gasteiger partial charge is 0.481 e. The Hall–Kier alpha value is -1.85. The standard InChI is InChI=1S/C14H21N3O3/c1-10(6-13(18)19)11-4-3-5-17(8-11)14(20)12-7-15-9-16(12)2/h7,9-11H,3-6,8H2,1-2H3,(H,18,19). The molecule has 0 bridgehead atoms. The molecular weight excluding hydrogens is 258 g/mol. The minimum absolute atomic E-state index is 0.0165. The number of imidazole rings is 1. The molecular formula is C14H21N3O3. The number of carbonyl (C=O) groups excluding carboxylic acids is 1. The number of rotatable bonds is 4. The van der Waals surface area contributed by atoms with Crippen molar-refractivity contribution in [3.8, 4) is 0 Å². The van der Waals surface area contributed by atoms with Gasteiger partial charge in [0.25, 0.3) is 5.91 Å². The lowest BCUT2D eigenvalue weighted by Gasteiger charge is -2.35. The zero-order valence-electron chi connectivity index (χ0n) is 12.0. The lowest BCUT2D eigenvalue weighted by atomic mass is 9.84. The van der Waals surface area contributed by atoms with Crippen LogP contribution in [0.1, 0.15) is 36.7 Å². The van der Waals surface area contributed by atoms with E-state index in [9.17, 15) is 9.59 Å². The van der Waals surface area contributed by atoms with Gasteiger partial charge in [-0.3, -0.25) is 9.59 Å². The van der Waals surface area contributed by atoms with E-state index in [2.05, 4.69) is 4.98 Å². The van der Waals surface area contributed by atoms with Crippen molar-refractivity contribution >= 4 is 11.9 Å². The minimum atomic E-state index is -0.771. The summed E-state index contributed by atoms with van der Waals surface area (Å²) >= 11 is 0. The van der Waals surface area contributed by atoms with Crippen LogP contribution in [0.2, 0.25) is 0 Å². The number of piperidine rings is 1. The van der Waals surface area contributed by atoms with E-state index in [0.29, 0.717) is 12.2 Å². The van der Waals surface area contributed by atoms with Crippen molar-refractivity contribution in [1.82, 2.24) is 14.5 Å². The van der Waals surface area contributed by atoms with Crippen molar-refractivity contribution in [3.63, 3.8) is 0 Å². The smallest absolute Gasteiger partial charge is 0.303 e. The van der Waals surface area contributed by atoms with Crippen LogP contribution in [0.3, 0.4) is 0 Å². The van der Waals surface area contributed by atoms with Crippen LogP contribution in [0.4, 0.5) is 0 Å². The first-order chi connectivity index (χ1) is 9.49. The topological polar surface area (TPSA) is 75.4 Å². The fraction of sp³-hybridized carbons (Fsp3) is 0.643. The van der Waals surface area contributed by atoms with Crippen LogP contribution in [0.15, 0.2) is 12.5 Å². The molecule has 2 heterocycles. The summed E-state index contributed by atoms with van der Waals surface area (Å²) in [5.41, 5.74) is 0.580. The number of aryl methyl sites for hydroxylation is 1. The van der Waals surface area contributed by atoms with Crippen molar-refractivity contribution in [1.29, 1.82) is 0 Å². The van der Waals surface area contributed by atoms with E-state index < -0.39 is 5.97 Å². The molecule has 0 aromatic carbocycles. The third kappa shape index (κ3) is 3.18. The maximum Gasteiger partial charge on any atom is 0.303 e. The summed E-state index contributed by atoms with van der Waals surface area (Å²) in [5, 5.41) is 8.88. The molecule has 1 N–H and O–H groups in total. The van der Waals surface area contributed by atoms with Crippen molar-refractivity contribution in [2.24, 2.45) is 18.9 Å². The van der Waals surface area contributed by atoms with Gasteiger partial charge in [0, 0.05) is 26.6 Å². The summed E-state index contributed by atoms with van der Waals surface area (Å²) in [4.78, 5) is 29.0. The van der Waals surface area contributed by atoms with Crippen molar-refractivity contribution in [2.45, 2.75) is 26.2 Å². The molecule has 1 aliphatic rings. The Morgan fingerprint density at radius 2 is 2.30 bits per heavy atom. The number of aromatic nitrogens is 2. The fourth-order valence-corrected chi connectivity index (χ4v) is 2.83. The molecule has 6 nitrogen and oxygen atoms in total. The lowest BCUT2D eigenvalue weighted by molar-refractivity contribution is -0.138. The van der Waals surface area contributed by atoms with E-state index in [1.54, 1.807) is 24.1 Å². The van der Waals surface area contributed by atoms with Crippen LogP contribution in [-0.2, 0) is 11.8 Å². The van der Waals surface area contributed by atoms with Gasteiger partial charge in [-0.1, -0.05) is 6.92 Å². The second-order valence-electron chi connectivity index (χ2n) is 5.62. The molecule has 1 saturated heterocycles. The highest BCUT2D eigenvalue weighted by molar-refractivity contribution is 5.92. The first kappa shape index (κ1) is 14.6. The second kappa shape index (κ2) is 6.07. The molecule has 0 saturated carbocycles. The normalized spacial score (nSPS) is 20.7. The number of likely N-dealkylation sites (tertiary alicyclic amines) is 1. The van der Waals surface area contributed by atoms with E-state index in [4.69, 9.17) is 5.11 Å². The van der Waals surface area contributed by atoms with Crippen molar-refractivity contribution in [2.75, 3.05) is 13.1 Å². The summed E-state index contributed by atoms with van der Waals surface area (Å²) in [6.07, 6.45) is 5.27. The Labute approximate surface area is 118 Å². The third-order valence-electron chi connectivity index (χ3n) is 4.08. The third-order valence-corrected chi connectivity index (χ3v) is 4.08. The van der Waals surface area contributed by atoms with Crippen LogP contribution in [0, 0.1) is 11.8 Å². The van der Waals surface area contributed by atoms with E-state index in [0.717, 1.165) is 19.4 Å². The van der Waals surface area contributed by atoms with Gasteiger partial charge in [-0.05, 0) is 24.7 Å². The number of nitrogens with zero attached hydrogens (tertiary/aromatic N) is 3. The molecule has 2 rings (SSSR count). The van der Waals surface area contributed by atoms with Gasteiger partial charge in [-0.25, -0.2) is 4.98 Å². The zero-order chi connectivity index (χ0) is 14.7. The van der Waals surface area contributed by atoms with Gasteiger partial charge in [0.2, 0.25) is 0 Å². The molecule has 1 aromatic rings. The quantitative estimate of drug-likeness (QED) is 0.903. The van der Waals surface area contributed by atoms with E-state index in [1.165, 1.54) is 0 Å². The molecule has 0 spiro atoms. The monoisotopic (exact) mass is 279 g/mol. The number of carbonyl (C=O) groups is 2. The number of hydrogen-bond donors (Lipinski definition) is 1. The van der Waals surface area contributed by atoms with E-state index in [1.807, 2.05) is 11.8 Å². The predicted octanol–water partition coefficient (Wildman–Crippen LogP) is 1.38. The van der Waals surface area contributed by atoms with Gasteiger partial charge in [0.15, 0.2) is 0 Å². The SMILES string of the molecule is CC(CC(=O)O)C1CCCN(C(=O)c2cncn2C)C1. The number of amides is 1. The summed E-state index contributed by atoms with van der Waals surface area (Å²) < 4.78 is 1.71. The molecule has 110 valence electrons. The summed E-state index contributed by atoms with van der Waals surface area (Å²) in [7, 11) is 1.80. The number of hydrogen-bond acceptors (Lipinski definition) is 3. The molecule has 2 atom stereocenters. The average molecular weight is 279 g/mol. The predicted molar refractivity (Wildman–Crippen MR) is 73.3 cm³/mol. The summed E-state index contributed by atoms with van der Waals surface area (Å²) in [6.45, 7) is 3.33. The first-order valence-corrected chi connectivity index (χ1v) is 6.96. The van der Waals surface area contributed by atoms with E-state index >= 15 is 0 Å². The highest BCUT2D eigenvalue weighted by Crippen LogP contribution is 2.26. The maximum absolute atomic E-state index is 12.4. The molecule has 1 aromatic heterocycles. The fourth-order valence-electron chi connectivity index (χ4n) is 2.83. The Morgan fingerprint density at radius 1 is 1.55 bits per heavy atom. The van der Waals surface area contributed by atoms with Gasteiger partial charge in [0.05, 0.1) is 12.5 Å². The van der Waals surface area contributed by atoms with Crippen LogP contribution in [-0.4, -0.2) is 44.5 Å². The molecule has 0 radical (unpaired) electrons. The first-order valence-electron chi connectivity index (χ1n) is 6.96. The van der Waals surface area contributed by atoms with Gasteiger partial charge in [-0.2, -0.15) is 0 Å². The Kier molecular flexibility index (Phi) is 4.42. The summed E-state index contributed by atoms with van der Waals surface area (Å²) in [5.74, 6) is -0.434. The van der Waals surface area contributed by atoms with Gasteiger partial charge >= 0.3 is 5.97 Å². The Balaban J connectivity index is 2.02. The molecule has 1 amide bonds. The highest BCUT2D eigenvalue weighted by atomic mass is 16.4. The molecule has 0 aliphatic carbocycles. The van der Waals surface area contributed by atoms with Gasteiger partial charge in [-0.15, -0.1) is 0 Å². The van der Waals surface area contributed by atoms with Crippen LogP contribution in [0.25, 0.3) is 0 Å². The average Bonchev–Trinajstić information content (AvgIpc) is 2.83. The van der Waals surface area contributed by atoms with Gasteiger partial charge < -0.3 is 14.6 Å². The molecule has 20 heavy (non-hydrogen) atoms. The molecule has 1 aliphatic heterocycles. The zero-order valence-corrected chi connectivity index (χ0v) is 12.0. The second-order valence-corrected chi connectivity index (χ2v) is 5.62. The molecule has 2 unspecified atom stereocenters. The van der Waals surface area contributed by atoms with E-state index in [-0.39, 0.29) is 24.2 Å². The van der Waals surface area contributed by atoms with Gasteiger partial charge in [0.1, 0.15) is 5.69 Å². The number of carboxylic acids is 1. The van der Waals surface area contributed by atoms with Crippen molar-refractivity contribution in [3.05, 3.63) is 18.2 Å². The maximum atomic E-state index is 12.4. The number of carboxylic acid groups (broad SMARTS) is 1. The van der Waals surface area contributed by atoms with Crippen LogP contribution in [0.5, 0.6) is 0 Å².